The van der Waals surface area contributed by atoms with E-state index in [1.165, 1.54) is 6.33 Å². The number of nitrogens with one attached hydrogen (secondary N) is 1. The summed E-state index contributed by atoms with van der Waals surface area (Å²) in [5, 5.41) is 11.9. The van der Waals surface area contributed by atoms with Gasteiger partial charge in [-0.15, -0.1) is 0 Å². The second kappa shape index (κ2) is 5.06. The van der Waals surface area contributed by atoms with Crippen molar-refractivity contribution >= 4 is 27.7 Å². The smallest absolute Gasteiger partial charge is 0.355 e. The van der Waals surface area contributed by atoms with E-state index in [4.69, 9.17) is 5.11 Å². The Kier molecular flexibility index (Phi) is 4.02. The van der Waals surface area contributed by atoms with Crippen LogP contribution in [0, 0.1) is 5.92 Å². The Bertz CT molecular complexity index is 368. The van der Waals surface area contributed by atoms with Crippen molar-refractivity contribution in [3.8, 4) is 0 Å². The van der Waals surface area contributed by atoms with Crippen LogP contribution in [0.5, 0.6) is 0 Å². The zero-order valence-corrected chi connectivity index (χ0v) is 10.1. The van der Waals surface area contributed by atoms with Gasteiger partial charge < -0.3 is 10.4 Å². The standard InChI is InChI=1S/C9H12BrN3O2/c1-5(2)3-11-8-6(10)7(9(14)15)12-4-13-8/h4-5H,3H2,1-2H3,(H,14,15)(H,11,12,13). The van der Waals surface area contributed by atoms with E-state index < -0.39 is 5.97 Å². The van der Waals surface area contributed by atoms with Crippen LogP contribution in [0.15, 0.2) is 10.8 Å². The average molecular weight is 274 g/mol. The number of rotatable bonds is 4. The Hall–Kier alpha value is -1.17. The number of halogens is 1. The first-order chi connectivity index (χ1) is 7.02. The molecule has 1 aromatic rings. The molecule has 0 saturated carbocycles. The number of carboxylic acid groups (broad SMARTS) is 1. The van der Waals surface area contributed by atoms with Crippen LogP contribution in [0.25, 0.3) is 0 Å². The predicted molar refractivity (Wildman–Crippen MR) is 60.0 cm³/mol. The summed E-state index contributed by atoms with van der Waals surface area (Å²) in [4.78, 5) is 18.4. The van der Waals surface area contributed by atoms with Crippen molar-refractivity contribution in [3.05, 3.63) is 16.5 Å². The average Bonchev–Trinajstić information content (AvgIpc) is 2.15. The molecule has 0 aliphatic carbocycles. The molecule has 0 spiro atoms. The lowest BCUT2D eigenvalue weighted by molar-refractivity contribution is 0.0689. The van der Waals surface area contributed by atoms with Gasteiger partial charge >= 0.3 is 5.97 Å². The van der Waals surface area contributed by atoms with Crippen molar-refractivity contribution in [1.29, 1.82) is 0 Å². The minimum Gasteiger partial charge on any atom is -0.476 e. The maximum Gasteiger partial charge on any atom is 0.355 e. The van der Waals surface area contributed by atoms with Crippen molar-refractivity contribution in [2.45, 2.75) is 13.8 Å². The number of carbonyl (C=O) groups is 1. The molecule has 5 nitrogen and oxygen atoms in total. The zero-order chi connectivity index (χ0) is 11.4. The molecule has 1 aromatic heterocycles. The van der Waals surface area contributed by atoms with Gasteiger partial charge in [0.15, 0.2) is 5.69 Å². The molecule has 0 saturated heterocycles. The van der Waals surface area contributed by atoms with E-state index in [9.17, 15) is 4.79 Å². The minimum atomic E-state index is -1.07. The van der Waals surface area contributed by atoms with E-state index in [-0.39, 0.29) is 5.69 Å². The van der Waals surface area contributed by atoms with Crippen LogP contribution in [0.4, 0.5) is 5.82 Å². The van der Waals surface area contributed by atoms with Gasteiger partial charge in [-0.3, -0.25) is 0 Å². The number of aromatic carboxylic acids is 1. The Morgan fingerprint density at radius 1 is 1.60 bits per heavy atom. The molecular formula is C9H12BrN3O2. The van der Waals surface area contributed by atoms with Crippen LogP contribution >= 0.6 is 15.9 Å². The lowest BCUT2D eigenvalue weighted by atomic mass is 10.2. The largest absolute Gasteiger partial charge is 0.476 e. The lowest BCUT2D eigenvalue weighted by Gasteiger charge is -2.10. The molecule has 0 unspecified atom stereocenters. The van der Waals surface area contributed by atoms with Crippen LogP contribution in [0.1, 0.15) is 24.3 Å². The summed E-state index contributed by atoms with van der Waals surface area (Å²) >= 11 is 3.16. The van der Waals surface area contributed by atoms with Crippen LogP contribution in [0.3, 0.4) is 0 Å². The summed E-state index contributed by atoms with van der Waals surface area (Å²) in [6.07, 6.45) is 1.23. The monoisotopic (exact) mass is 273 g/mol. The van der Waals surface area contributed by atoms with Crippen LogP contribution < -0.4 is 5.32 Å². The first-order valence-corrected chi connectivity index (χ1v) is 5.29. The van der Waals surface area contributed by atoms with Crippen molar-refractivity contribution < 1.29 is 9.90 Å². The number of hydrogen-bond donors (Lipinski definition) is 2. The van der Waals surface area contributed by atoms with E-state index in [1.54, 1.807) is 0 Å². The van der Waals surface area contributed by atoms with Gasteiger partial charge in [0, 0.05) is 6.54 Å². The third kappa shape index (κ3) is 3.16. The minimum absolute atomic E-state index is 0.0312. The van der Waals surface area contributed by atoms with Gasteiger partial charge in [-0.1, -0.05) is 13.8 Å². The molecule has 1 rings (SSSR count). The fourth-order valence-electron chi connectivity index (χ4n) is 0.943. The summed E-state index contributed by atoms with van der Waals surface area (Å²) in [5.41, 5.74) is -0.0312. The first kappa shape index (κ1) is 11.9. The van der Waals surface area contributed by atoms with Crippen LogP contribution in [-0.2, 0) is 0 Å². The number of hydrogen-bond acceptors (Lipinski definition) is 4. The topological polar surface area (TPSA) is 75.1 Å². The number of nitrogens with zero attached hydrogens (tertiary/aromatic N) is 2. The number of anilines is 1. The molecule has 0 aliphatic heterocycles. The molecule has 6 heteroatoms. The zero-order valence-electron chi connectivity index (χ0n) is 8.49. The second-order valence-electron chi connectivity index (χ2n) is 3.46. The lowest BCUT2D eigenvalue weighted by Crippen LogP contribution is -2.12. The summed E-state index contributed by atoms with van der Waals surface area (Å²) in [6.45, 7) is 4.84. The molecule has 15 heavy (non-hydrogen) atoms. The molecule has 1 heterocycles. The molecule has 0 aromatic carbocycles. The van der Waals surface area contributed by atoms with Crippen molar-refractivity contribution in [3.63, 3.8) is 0 Å². The fourth-order valence-corrected chi connectivity index (χ4v) is 1.46. The highest BCUT2D eigenvalue weighted by molar-refractivity contribution is 9.10. The molecule has 2 N–H and O–H groups in total. The van der Waals surface area contributed by atoms with Gasteiger partial charge in [-0.05, 0) is 21.8 Å². The van der Waals surface area contributed by atoms with E-state index in [1.807, 2.05) is 0 Å². The third-order valence-corrected chi connectivity index (χ3v) is 2.42. The molecule has 0 atom stereocenters. The van der Waals surface area contributed by atoms with Gasteiger partial charge in [-0.2, -0.15) is 0 Å². The van der Waals surface area contributed by atoms with E-state index in [0.29, 0.717) is 16.2 Å². The van der Waals surface area contributed by atoms with Gasteiger partial charge in [0.25, 0.3) is 0 Å². The molecular weight excluding hydrogens is 262 g/mol. The van der Waals surface area contributed by atoms with Crippen LogP contribution in [-0.4, -0.2) is 27.6 Å². The van der Waals surface area contributed by atoms with Crippen molar-refractivity contribution in [2.24, 2.45) is 5.92 Å². The Labute approximate surface area is 96.1 Å². The van der Waals surface area contributed by atoms with Gasteiger partial charge in [0.05, 0.1) is 4.47 Å². The van der Waals surface area contributed by atoms with E-state index >= 15 is 0 Å². The molecule has 0 aliphatic rings. The van der Waals surface area contributed by atoms with Gasteiger partial charge in [0.1, 0.15) is 12.1 Å². The van der Waals surface area contributed by atoms with Crippen molar-refractivity contribution in [2.75, 3.05) is 11.9 Å². The van der Waals surface area contributed by atoms with Crippen LogP contribution in [0.2, 0.25) is 0 Å². The molecule has 82 valence electrons. The van der Waals surface area contributed by atoms with Gasteiger partial charge in [0.2, 0.25) is 0 Å². The maximum absolute atomic E-state index is 10.8. The summed E-state index contributed by atoms with van der Waals surface area (Å²) in [6, 6.07) is 0. The SMILES string of the molecule is CC(C)CNc1ncnc(C(=O)O)c1Br. The predicted octanol–water partition coefficient (Wildman–Crippen LogP) is 2.01. The Balaban J connectivity index is 2.89. The highest BCUT2D eigenvalue weighted by Gasteiger charge is 2.14. The fraction of sp³-hybridized carbons (Fsp3) is 0.444. The summed E-state index contributed by atoms with van der Waals surface area (Å²) in [7, 11) is 0. The normalized spacial score (nSPS) is 10.4. The molecule has 0 fully saturated rings. The summed E-state index contributed by atoms with van der Waals surface area (Å²) < 4.78 is 0.387. The first-order valence-electron chi connectivity index (χ1n) is 4.50. The van der Waals surface area contributed by atoms with E-state index in [2.05, 4.69) is 45.1 Å². The summed E-state index contributed by atoms with van der Waals surface area (Å²) in [5.74, 6) is -0.104. The maximum atomic E-state index is 10.8. The highest BCUT2D eigenvalue weighted by atomic mass is 79.9. The highest BCUT2D eigenvalue weighted by Crippen LogP contribution is 2.22. The molecule has 0 amide bonds. The number of aromatic nitrogens is 2. The number of carboxylic acids is 1. The second-order valence-corrected chi connectivity index (χ2v) is 4.26. The molecule has 0 bridgehead atoms. The Morgan fingerprint density at radius 3 is 2.80 bits per heavy atom. The quantitative estimate of drug-likeness (QED) is 0.878. The van der Waals surface area contributed by atoms with Gasteiger partial charge in [-0.25, -0.2) is 14.8 Å². The van der Waals surface area contributed by atoms with Crippen molar-refractivity contribution in [1.82, 2.24) is 9.97 Å². The Morgan fingerprint density at radius 2 is 2.27 bits per heavy atom. The van der Waals surface area contributed by atoms with E-state index in [0.717, 1.165) is 6.54 Å². The third-order valence-electron chi connectivity index (χ3n) is 1.67. The molecule has 0 radical (unpaired) electrons.